The highest BCUT2D eigenvalue weighted by atomic mass is 35.5. The third-order valence-electron chi connectivity index (χ3n) is 4.26. The van der Waals surface area contributed by atoms with Crippen LogP contribution in [0.3, 0.4) is 0 Å². The van der Waals surface area contributed by atoms with E-state index >= 15 is 0 Å². The molecule has 1 amide bonds. The molecule has 3 rings (SSSR count). The molecule has 1 aliphatic rings. The molecule has 2 aromatic rings. The Bertz CT molecular complexity index is 804. The molecule has 0 unspecified atom stereocenters. The molecule has 0 atom stereocenters. The van der Waals surface area contributed by atoms with Crippen LogP contribution in [0, 0.1) is 10.1 Å². The molecular weight excluding hydrogens is 342 g/mol. The van der Waals surface area contributed by atoms with E-state index in [1.165, 1.54) is 6.07 Å². The monoisotopic (exact) mass is 359 g/mol. The number of carbonyl (C=O) groups excluding carboxylic acids is 1. The maximum absolute atomic E-state index is 12.4. The van der Waals surface area contributed by atoms with E-state index in [9.17, 15) is 14.9 Å². The van der Waals surface area contributed by atoms with E-state index in [4.69, 9.17) is 11.6 Å². The van der Waals surface area contributed by atoms with Gasteiger partial charge in [-0.15, -0.1) is 0 Å². The summed E-state index contributed by atoms with van der Waals surface area (Å²) in [5, 5.41) is 15.0. The average molecular weight is 360 g/mol. The molecule has 25 heavy (non-hydrogen) atoms. The molecule has 2 aromatic carbocycles. The number of nitro groups is 1. The van der Waals surface area contributed by atoms with Crippen LogP contribution in [0.4, 0.5) is 11.4 Å². The predicted octanol–water partition coefficient (Wildman–Crippen LogP) is 4.10. The van der Waals surface area contributed by atoms with Gasteiger partial charge in [-0.25, -0.2) is 0 Å². The Labute approximate surface area is 150 Å². The van der Waals surface area contributed by atoms with Gasteiger partial charge in [0.05, 0.1) is 4.92 Å². The van der Waals surface area contributed by atoms with Gasteiger partial charge in [-0.3, -0.25) is 14.9 Å². The quantitative estimate of drug-likeness (QED) is 0.644. The SMILES string of the molecule is O=C(c1ccc(NCc2ccccc2Cl)c([N+](=O)[O-])c1)N1CCCC1. The van der Waals surface area contributed by atoms with Crippen LogP contribution in [-0.2, 0) is 6.54 Å². The van der Waals surface area contributed by atoms with Gasteiger partial charge in [0.2, 0.25) is 0 Å². The van der Waals surface area contributed by atoms with Gasteiger partial charge in [0, 0.05) is 36.3 Å². The Morgan fingerprint density at radius 3 is 2.60 bits per heavy atom. The summed E-state index contributed by atoms with van der Waals surface area (Å²) in [6.45, 7) is 1.78. The standard InChI is InChI=1S/C18H18ClN3O3/c19-15-6-2-1-5-14(15)12-20-16-8-7-13(11-17(16)22(24)25)18(23)21-9-3-4-10-21/h1-2,5-8,11,20H,3-4,9-10,12H2. The van der Waals surface area contributed by atoms with Crippen LogP contribution in [0.2, 0.25) is 5.02 Å². The maximum Gasteiger partial charge on any atom is 0.293 e. The molecule has 6 nitrogen and oxygen atoms in total. The predicted molar refractivity (Wildman–Crippen MR) is 97.0 cm³/mol. The molecule has 0 aliphatic carbocycles. The van der Waals surface area contributed by atoms with Gasteiger partial charge in [-0.2, -0.15) is 0 Å². The van der Waals surface area contributed by atoms with E-state index in [0.29, 0.717) is 35.9 Å². The Morgan fingerprint density at radius 2 is 1.92 bits per heavy atom. The average Bonchev–Trinajstić information content (AvgIpc) is 3.15. The fourth-order valence-corrected chi connectivity index (χ4v) is 3.10. The van der Waals surface area contributed by atoms with E-state index in [2.05, 4.69) is 5.32 Å². The van der Waals surface area contributed by atoms with Crippen LogP contribution in [0.15, 0.2) is 42.5 Å². The number of nitro benzene ring substituents is 1. The summed E-state index contributed by atoms with van der Waals surface area (Å²) in [4.78, 5) is 25.1. The number of benzene rings is 2. The Kier molecular flexibility index (Phi) is 5.19. The first kappa shape index (κ1) is 17.2. The van der Waals surface area contributed by atoms with E-state index in [1.54, 1.807) is 23.1 Å². The van der Waals surface area contributed by atoms with E-state index in [0.717, 1.165) is 18.4 Å². The highest BCUT2D eigenvalue weighted by Crippen LogP contribution is 2.28. The largest absolute Gasteiger partial charge is 0.375 e. The number of nitrogens with one attached hydrogen (secondary N) is 1. The normalized spacial score (nSPS) is 13.7. The van der Waals surface area contributed by atoms with E-state index < -0.39 is 4.92 Å². The van der Waals surface area contributed by atoms with E-state index in [1.807, 2.05) is 18.2 Å². The number of hydrogen-bond acceptors (Lipinski definition) is 4. The number of anilines is 1. The van der Waals surface area contributed by atoms with Crippen LogP contribution in [0.5, 0.6) is 0 Å². The fourth-order valence-electron chi connectivity index (χ4n) is 2.90. The van der Waals surface area contributed by atoms with Crippen LogP contribution in [0.25, 0.3) is 0 Å². The van der Waals surface area contributed by atoms with Crippen molar-refractivity contribution in [2.45, 2.75) is 19.4 Å². The smallest absolute Gasteiger partial charge is 0.293 e. The summed E-state index contributed by atoms with van der Waals surface area (Å²) < 4.78 is 0. The van der Waals surface area contributed by atoms with Crippen molar-refractivity contribution in [2.75, 3.05) is 18.4 Å². The van der Waals surface area contributed by atoms with Gasteiger partial charge in [-0.1, -0.05) is 29.8 Å². The number of rotatable bonds is 5. The number of likely N-dealkylation sites (tertiary alicyclic amines) is 1. The van der Waals surface area contributed by atoms with Crippen LogP contribution in [-0.4, -0.2) is 28.8 Å². The van der Waals surface area contributed by atoms with Gasteiger partial charge in [0.25, 0.3) is 11.6 Å². The minimum Gasteiger partial charge on any atom is -0.375 e. The topological polar surface area (TPSA) is 75.5 Å². The molecule has 0 radical (unpaired) electrons. The lowest BCUT2D eigenvalue weighted by molar-refractivity contribution is -0.384. The molecule has 0 bridgehead atoms. The summed E-state index contributed by atoms with van der Waals surface area (Å²) >= 11 is 6.11. The highest BCUT2D eigenvalue weighted by Gasteiger charge is 2.23. The summed E-state index contributed by atoms with van der Waals surface area (Å²) in [5.41, 5.74) is 1.44. The van der Waals surface area contributed by atoms with Crippen molar-refractivity contribution in [3.05, 3.63) is 68.7 Å². The van der Waals surface area contributed by atoms with Crippen LogP contribution < -0.4 is 5.32 Å². The van der Waals surface area contributed by atoms with Gasteiger partial charge in [-0.05, 0) is 36.6 Å². The molecule has 7 heteroatoms. The van der Waals surface area contributed by atoms with Crippen molar-refractivity contribution >= 4 is 28.9 Å². The van der Waals surface area contributed by atoms with Gasteiger partial charge in [0.15, 0.2) is 0 Å². The zero-order chi connectivity index (χ0) is 17.8. The fraction of sp³-hybridized carbons (Fsp3) is 0.278. The summed E-state index contributed by atoms with van der Waals surface area (Å²) in [6.07, 6.45) is 1.95. The van der Waals surface area contributed by atoms with Gasteiger partial charge >= 0.3 is 0 Å². The number of hydrogen-bond donors (Lipinski definition) is 1. The first-order chi connectivity index (χ1) is 12.1. The third-order valence-corrected chi connectivity index (χ3v) is 4.63. The number of carbonyl (C=O) groups is 1. The maximum atomic E-state index is 12.4. The molecular formula is C18H18ClN3O3. The second kappa shape index (κ2) is 7.53. The molecule has 1 saturated heterocycles. The summed E-state index contributed by atoms with van der Waals surface area (Å²) in [7, 11) is 0. The van der Waals surface area contributed by atoms with Crippen molar-refractivity contribution in [3.8, 4) is 0 Å². The van der Waals surface area contributed by atoms with Crippen molar-refractivity contribution in [1.29, 1.82) is 0 Å². The van der Waals surface area contributed by atoms with Crippen LogP contribution >= 0.6 is 11.6 Å². The summed E-state index contributed by atoms with van der Waals surface area (Å²) in [6, 6.07) is 11.9. The Hall–Kier alpha value is -2.60. The zero-order valence-electron chi connectivity index (χ0n) is 13.6. The Morgan fingerprint density at radius 1 is 1.20 bits per heavy atom. The lowest BCUT2D eigenvalue weighted by Gasteiger charge is -2.15. The molecule has 1 aliphatic heterocycles. The lowest BCUT2D eigenvalue weighted by Crippen LogP contribution is -2.27. The zero-order valence-corrected chi connectivity index (χ0v) is 14.3. The minimum atomic E-state index is -0.476. The minimum absolute atomic E-state index is 0.114. The van der Waals surface area contributed by atoms with Crippen molar-refractivity contribution < 1.29 is 9.72 Å². The number of nitrogens with zero attached hydrogens (tertiary/aromatic N) is 2. The molecule has 0 spiro atoms. The summed E-state index contributed by atoms with van der Waals surface area (Å²) in [5.74, 6) is -0.154. The highest BCUT2D eigenvalue weighted by molar-refractivity contribution is 6.31. The second-order valence-corrected chi connectivity index (χ2v) is 6.34. The molecule has 130 valence electrons. The first-order valence-electron chi connectivity index (χ1n) is 8.11. The van der Waals surface area contributed by atoms with Crippen molar-refractivity contribution in [2.24, 2.45) is 0 Å². The molecule has 1 heterocycles. The van der Waals surface area contributed by atoms with Crippen LogP contribution in [0.1, 0.15) is 28.8 Å². The third kappa shape index (κ3) is 3.91. The Balaban J connectivity index is 1.81. The molecule has 1 fully saturated rings. The molecule has 0 aromatic heterocycles. The first-order valence-corrected chi connectivity index (χ1v) is 8.49. The number of amides is 1. The molecule has 0 saturated carbocycles. The lowest BCUT2D eigenvalue weighted by atomic mass is 10.1. The second-order valence-electron chi connectivity index (χ2n) is 5.93. The van der Waals surface area contributed by atoms with E-state index in [-0.39, 0.29) is 11.6 Å². The molecule has 1 N–H and O–H groups in total. The van der Waals surface area contributed by atoms with Gasteiger partial charge < -0.3 is 10.2 Å². The van der Waals surface area contributed by atoms with Gasteiger partial charge in [0.1, 0.15) is 5.69 Å². The number of halogens is 1. The van der Waals surface area contributed by atoms with Crippen molar-refractivity contribution in [3.63, 3.8) is 0 Å². The van der Waals surface area contributed by atoms with Crippen molar-refractivity contribution in [1.82, 2.24) is 4.90 Å².